The van der Waals surface area contributed by atoms with Gasteiger partial charge in [-0.05, 0) is 24.7 Å². The smallest absolute Gasteiger partial charge is 0.326 e. The highest BCUT2D eigenvalue weighted by molar-refractivity contribution is 5.95. The van der Waals surface area contributed by atoms with E-state index in [1.54, 1.807) is 13.8 Å². The second-order valence-corrected chi connectivity index (χ2v) is 8.53. The summed E-state index contributed by atoms with van der Waals surface area (Å²) in [5.74, 6) is -6.39. The molecule has 0 saturated heterocycles. The fourth-order valence-electron chi connectivity index (χ4n) is 2.87. The summed E-state index contributed by atoms with van der Waals surface area (Å²) in [6, 6.07) is -5.07. The average molecular weight is 474 g/mol. The summed E-state index contributed by atoms with van der Waals surface area (Å²) < 4.78 is 0. The van der Waals surface area contributed by atoms with Crippen LogP contribution in [-0.4, -0.2) is 69.9 Å². The second kappa shape index (κ2) is 14.0. The molecule has 13 heteroatoms. The highest BCUT2D eigenvalue weighted by Crippen LogP contribution is 2.08. The van der Waals surface area contributed by atoms with Crippen molar-refractivity contribution in [2.45, 2.75) is 77.5 Å². The largest absolute Gasteiger partial charge is 0.481 e. The first-order chi connectivity index (χ1) is 15.1. The number of aliphatic carboxylic acids is 2. The number of nitrogens with one attached hydrogen (secondary N) is 3. The lowest BCUT2D eigenvalue weighted by Crippen LogP contribution is -2.58. The van der Waals surface area contributed by atoms with Gasteiger partial charge < -0.3 is 37.6 Å². The van der Waals surface area contributed by atoms with Gasteiger partial charge in [-0.3, -0.25) is 24.0 Å². The third kappa shape index (κ3) is 11.8. The number of hydrogen-bond acceptors (Lipinski definition) is 7. The lowest BCUT2D eigenvalue weighted by Gasteiger charge is -2.27. The fourth-order valence-corrected chi connectivity index (χ4v) is 2.87. The molecule has 0 aromatic heterocycles. The summed E-state index contributed by atoms with van der Waals surface area (Å²) in [7, 11) is 0. The minimum atomic E-state index is -1.75. The van der Waals surface area contributed by atoms with E-state index in [4.69, 9.17) is 21.7 Å². The lowest BCUT2D eigenvalue weighted by molar-refractivity contribution is -0.147. The van der Waals surface area contributed by atoms with E-state index in [2.05, 4.69) is 10.6 Å². The average Bonchev–Trinajstić information content (AvgIpc) is 2.66. The van der Waals surface area contributed by atoms with E-state index in [1.807, 2.05) is 19.2 Å². The Balaban J connectivity index is 5.52. The Bertz CT molecular complexity index is 740. The van der Waals surface area contributed by atoms with Crippen LogP contribution in [0.5, 0.6) is 0 Å². The normalized spacial score (nSPS) is 14.6. The van der Waals surface area contributed by atoms with E-state index >= 15 is 0 Å². The van der Waals surface area contributed by atoms with Gasteiger partial charge in [0.1, 0.15) is 18.1 Å². The zero-order chi connectivity index (χ0) is 25.9. The van der Waals surface area contributed by atoms with Crippen molar-refractivity contribution in [3.8, 4) is 0 Å². The van der Waals surface area contributed by atoms with Gasteiger partial charge in [-0.25, -0.2) is 4.79 Å². The van der Waals surface area contributed by atoms with E-state index in [9.17, 15) is 28.8 Å². The van der Waals surface area contributed by atoms with Crippen LogP contribution in [0.2, 0.25) is 0 Å². The van der Waals surface area contributed by atoms with Crippen LogP contribution in [0, 0.1) is 11.8 Å². The number of hydrogen-bond donors (Lipinski definition) is 7. The van der Waals surface area contributed by atoms with E-state index < -0.39 is 72.1 Å². The third-order valence-corrected chi connectivity index (χ3v) is 4.61. The van der Waals surface area contributed by atoms with Gasteiger partial charge in [0.05, 0.1) is 12.5 Å². The van der Waals surface area contributed by atoms with Gasteiger partial charge in [0.2, 0.25) is 23.6 Å². The number of carboxylic acid groups (broad SMARTS) is 2. The van der Waals surface area contributed by atoms with Gasteiger partial charge >= 0.3 is 11.9 Å². The van der Waals surface area contributed by atoms with Crippen LogP contribution in [0.25, 0.3) is 0 Å². The highest BCUT2D eigenvalue weighted by atomic mass is 16.4. The zero-order valence-electron chi connectivity index (χ0n) is 19.3. The molecule has 0 spiro atoms. The van der Waals surface area contributed by atoms with E-state index in [0.717, 1.165) is 0 Å². The number of rotatable bonds is 15. The minimum Gasteiger partial charge on any atom is -0.481 e. The van der Waals surface area contributed by atoms with E-state index in [-0.39, 0.29) is 18.8 Å². The van der Waals surface area contributed by atoms with Gasteiger partial charge in [-0.1, -0.05) is 27.7 Å². The van der Waals surface area contributed by atoms with Crippen molar-refractivity contribution in [2.24, 2.45) is 23.3 Å². The van der Waals surface area contributed by atoms with Gasteiger partial charge in [0.25, 0.3) is 0 Å². The molecular weight excluding hydrogens is 438 g/mol. The molecule has 4 atom stereocenters. The van der Waals surface area contributed by atoms with Crippen LogP contribution in [0.1, 0.15) is 53.4 Å². The molecular formula is C20H35N5O8. The lowest BCUT2D eigenvalue weighted by atomic mass is 9.99. The molecule has 0 aliphatic carbocycles. The molecule has 0 heterocycles. The SMILES string of the molecule is CC(C)CC(N)C(=O)NC(C(=O)NC(CCC(N)=O)C(=O)NC(CC(=O)O)C(=O)O)C(C)C. The third-order valence-electron chi connectivity index (χ3n) is 4.61. The number of carbonyl (C=O) groups excluding carboxylic acids is 4. The second-order valence-electron chi connectivity index (χ2n) is 8.53. The van der Waals surface area contributed by atoms with Gasteiger partial charge in [0.15, 0.2) is 0 Å². The van der Waals surface area contributed by atoms with Crippen molar-refractivity contribution in [1.29, 1.82) is 0 Å². The number of nitrogens with two attached hydrogens (primary N) is 2. The number of carbonyl (C=O) groups is 6. The summed E-state index contributed by atoms with van der Waals surface area (Å²) >= 11 is 0. The summed E-state index contributed by atoms with van der Waals surface area (Å²) in [6.45, 7) is 7.08. The molecule has 0 rings (SSSR count). The summed E-state index contributed by atoms with van der Waals surface area (Å²) in [4.78, 5) is 71.1. The molecule has 0 bridgehead atoms. The summed E-state index contributed by atoms with van der Waals surface area (Å²) in [6.07, 6.45) is -1.08. The van der Waals surface area contributed by atoms with Crippen LogP contribution in [-0.2, 0) is 28.8 Å². The van der Waals surface area contributed by atoms with Crippen LogP contribution >= 0.6 is 0 Å². The van der Waals surface area contributed by atoms with Gasteiger partial charge in [-0.2, -0.15) is 0 Å². The van der Waals surface area contributed by atoms with Crippen LogP contribution in [0.15, 0.2) is 0 Å². The van der Waals surface area contributed by atoms with Crippen LogP contribution in [0.3, 0.4) is 0 Å². The molecule has 4 amide bonds. The molecule has 33 heavy (non-hydrogen) atoms. The number of primary amides is 1. The Labute approximate surface area is 192 Å². The van der Waals surface area contributed by atoms with Crippen molar-refractivity contribution >= 4 is 35.6 Å². The quantitative estimate of drug-likeness (QED) is 0.143. The molecule has 4 unspecified atom stereocenters. The maximum absolute atomic E-state index is 12.8. The molecule has 0 radical (unpaired) electrons. The fraction of sp³-hybridized carbons (Fsp3) is 0.700. The van der Waals surface area contributed by atoms with Crippen LogP contribution in [0.4, 0.5) is 0 Å². The highest BCUT2D eigenvalue weighted by Gasteiger charge is 2.32. The first kappa shape index (κ1) is 29.8. The Morgan fingerprint density at radius 1 is 0.818 bits per heavy atom. The standard InChI is InChI=1S/C20H35N5O8/c1-9(2)7-11(21)17(29)25-16(10(3)4)19(31)23-12(5-6-14(22)26)18(30)24-13(20(32)33)8-15(27)28/h9-13,16H,5-8,21H2,1-4H3,(H2,22,26)(H,23,31)(H,24,30)(H,25,29)(H,27,28)(H,32,33). The van der Waals surface area contributed by atoms with Crippen molar-refractivity contribution in [3.05, 3.63) is 0 Å². The van der Waals surface area contributed by atoms with E-state index in [0.29, 0.717) is 6.42 Å². The van der Waals surface area contributed by atoms with Gasteiger partial charge in [-0.15, -0.1) is 0 Å². The first-order valence-corrected chi connectivity index (χ1v) is 10.5. The number of amides is 4. The summed E-state index contributed by atoms with van der Waals surface area (Å²) in [5.41, 5.74) is 11.0. The molecule has 0 saturated carbocycles. The minimum absolute atomic E-state index is 0.145. The Morgan fingerprint density at radius 2 is 1.36 bits per heavy atom. The maximum Gasteiger partial charge on any atom is 0.326 e. The Hall–Kier alpha value is -3.22. The van der Waals surface area contributed by atoms with Gasteiger partial charge in [0, 0.05) is 6.42 Å². The zero-order valence-corrected chi connectivity index (χ0v) is 19.3. The Kier molecular flexibility index (Phi) is 12.7. The number of carboxylic acids is 2. The molecule has 9 N–H and O–H groups in total. The molecule has 188 valence electrons. The Morgan fingerprint density at radius 3 is 1.79 bits per heavy atom. The predicted molar refractivity (Wildman–Crippen MR) is 116 cm³/mol. The molecule has 0 aliphatic heterocycles. The predicted octanol–water partition coefficient (Wildman–Crippen LogP) is -1.70. The molecule has 0 aromatic rings. The maximum atomic E-state index is 12.8. The monoisotopic (exact) mass is 473 g/mol. The molecule has 0 aliphatic rings. The van der Waals surface area contributed by atoms with E-state index in [1.165, 1.54) is 0 Å². The topological polar surface area (TPSA) is 231 Å². The van der Waals surface area contributed by atoms with Crippen molar-refractivity contribution in [3.63, 3.8) is 0 Å². The summed E-state index contributed by atoms with van der Waals surface area (Å²) in [5, 5.41) is 24.9. The van der Waals surface area contributed by atoms with Crippen molar-refractivity contribution in [2.75, 3.05) is 0 Å². The van der Waals surface area contributed by atoms with Crippen molar-refractivity contribution < 1.29 is 39.0 Å². The molecule has 0 aromatic carbocycles. The molecule has 13 nitrogen and oxygen atoms in total. The van der Waals surface area contributed by atoms with Crippen molar-refractivity contribution in [1.82, 2.24) is 16.0 Å². The molecule has 0 fully saturated rings. The first-order valence-electron chi connectivity index (χ1n) is 10.5. The van der Waals surface area contributed by atoms with Crippen LogP contribution < -0.4 is 27.4 Å².